The summed E-state index contributed by atoms with van der Waals surface area (Å²) in [6.07, 6.45) is 39.7. The first-order valence-corrected chi connectivity index (χ1v) is 18.4. The third-order valence-electron chi connectivity index (χ3n) is 9.46. The average Bonchev–Trinajstić information content (AvgIpc) is 2.98. The van der Waals surface area contributed by atoms with Gasteiger partial charge < -0.3 is 9.64 Å². The second kappa shape index (κ2) is 26.7. The van der Waals surface area contributed by atoms with Gasteiger partial charge in [0.15, 0.2) is 0 Å². The van der Waals surface area contributed by atoms with Gasteiger partial charge in [-0.15, -0.1) is 5.73 Å². The number of unbranched alkanes of at least 4 members (excludes halogenated alkanes) is 13. The minimum Gasteiger partial charge on any atom is -0.487 e. The predicted octanol–water partition coefficient (Wildman–Crippen LogP) is 12.8. The molecule has 1 saturated carbocycles. The standard InChI is InChI=1S/C41H71NO/c1-7-11-12-13-14-15-16-17-18-19-25-33-41(35-28-36-41)34-26-21-24-31-40(30-23-20-22-29-38(8-2)9-3)43-39(10-4)32-27-37-42(5)6/h8,25,33,40H,2-4,7,11-24,26-32,34-37H2,1,5-6H3/b33-25-. The van der Waals surface area contributed by atoms with Crippen LogP contribution >= 0.6 is 0 Å². The minimum absolute atomic E-state index is 0.284. The molecule has 0 amide bonds. The van der Waals surface area contributed by atoms with Crippen LogP contribution in [-0.2, 0) is 4.74 Å². The molecule has 0 N–H and O–H groups in total. The summed E-state index contributed by atoms with van der Waals surface area (Å²) in [7, 11) is 4.25. The Morgan fingerprint density at radius 1 is 0.791 bits per heavy atom. The summed E-state index contributed by atoms with van der Waals surface area (Å²) >= 11 is 0. The molecule has 0 aromatic heterocycles. The molecule has 43 heavy (non-hydrogen) atoms. The van der Waals surface area contributed by atoms with Crippen molar-refractivity contribution in [1.29, 1.82) is 0 Å². The maximum Gasteiger partial charge on any atom is 0.138 e. The van der Waals surface area contributed by atoms with Crippen molar-refractivity contribution in [2.45, 2.75) is 174 Å². The first kappa shape index (κ1) is 39.3. The van der Waals surface area contributed by atoms with Crippen molar-refractivity contribution in [2.24, 2.45) is 5.41 Å². The molecular weight excluding hydrogens is 522 g/mol. The summed E-state index contributed by atoms with van der Waals surface area (Å²) in [5.41, 5.74) is 7.76. The van der Waals surface area contributed by atoms with Gasteiger partial charge in [-0.3, -0.25) is 0 Å². The molecule has 0 radical (unpaired) electrons. The van der Waals surface area contributed by atoms with Gasteiger partial charge in [0.25, 0.3) is 0 Å². The highest BCUT2D eigenvalue weighted by atomic mass is 16.5. The van der Waals surface area contributed by atoms with E-state index in [1.165, 1.54) is 122 Å². The first-order valence-electron chi connectivity index (χ1n) is 18.4. The van der Waals surface area contributed by atoms with Crippen molar-refractivity contribution in [3.63, 3.8) is 0 Å². The summed E-state index contributed by atoms with van der Waals surface area (Å²) in [6, 6.07) is 0. The second-order valence-corrected chi connectivity index (χ2v) is 13.6. The lowest BCUT2D eigenvalue weighted by Crippen LogP contribution is -2.26. The first-order chi connectivity index (χ1) is 21.0. The van der Waals surface area contributed by atoms with Crippen molar-refractivity contribution in [3.8, 4) is 0 Å². The Morgan fingerprint density at radius 2 is 1.42 bits per heavy atom. The topological polar surface area (TPSA) is 12.5 Å². The quantitative estimate of drug-likeness (QED) is 0.0270. The zero-order chi connectivity index (χ0) is 31.4. The van der Waals surface area contributed by atoms with Crippen molar-refractivity contribution in [3.05, 3.63) is 60.8 Å². The molecule has 0 aromatic rings. The van der Waals surface area contributed by atoms with Crippen LogP contribution in [0.4, 0.5) is 0 Å². The van der Waals surface area contributed by atoms with E-state index in [1.807, 2.05) is 6.08 Å². The fourth-order valence-corrected chi connectivity index (χ4v) is 6.40. The smallest absolute Gasteiger partial charge is 0.138 e. The Bertz CT molecular complexity index is 819. The molecule has 1 atom stereocenters. The number of rotatable bonds is 30. The third-order valence-corrected chi connectivity index (χ3v) is 9.46. The van der Waals surface area contributed by atoms with Crippen molar-refractivity contribution < 1.29 is 4.74 Å². The molecule has 0 spiro atoms. The highest BCUT2D eigenvalue weighted by Gasteiger charge is 2.33. The molecule has 0 aromatic carbocycles. The van der Waals surface area contributed by atoms with Gasteiger partial charge in [0.1, 0.15) is 5.76 Å². The van der Waals surface area contributed by atoms with E-state index in [4.69, 9.17) is 4.74 Å². The SMILES string of the molecule is C=C=C(C=C)CCCCCC(CCCCCC1(/C=C\CCCCCCCCCCC)CCC1)OC(=C=C)CCCN(C)C. The van der Waals surface area contributed by atoms with Gasteiger partial charge in [-0.25, -0.2) is 0 Å². The van der Waals surface area contributed by atoms with Crippen LogP contribution in [0.1, 0.15) is 167 Å². The van der Waals surface area contributed by atoms with Crippen LogP contribution in [0, 0.1) is 5.41 Å². The molecule has 1 aliphatic carbocycles. The van der Waals surface area contributed by atoms with Gasteiger partial charge in [0.2, 0.25) is 0 Å². The van der Waals surface area contributed by atoms with E-state index in [9.17, 15) is 0 Å². The number of hydrogen-bond donors (Lipinski definition) is 0. The lowest BCUT2D eigenvalue weighted by atomic mass is 9.65. The summed E-state index contributed by atoms with van der Waals surface area (Å²) in [5.74, 6) is 0.959. The number of allylic oxidation sites excluding steroid dienone is 5. The fourth-order valence-electron chi connectivity index (χ4n) is 6.40. The van der Waals surface area contributed by atoms with Crippen LogP contribution in [0.25, 0.3) is 0 Å². The Balaban J connectivity index is 2.37. The molecule has 1 fully saturated rings. The molecule has 246 valence electrons. The predicted molar refractivity (Wildman–Crippen MR) is 192 cm³/mol. The largest absolute Gasteiger partial charge is 0.487 e. The molecule has 1 aliphatic rings. The molecule has 0 heterocycles. The fraction of sp³-hybridized carbons (Fsp3) is 0.756. The van der Waals surface area contributed by atoms with Gasteiger partial charge in [-0.05, 0) is 109 Å². The molecule has 0 bridgehead atoms. The second-order valence-electron chi connectivity index (χ2n) is 13.6. The molecule has 0 saturated heterocycles. The van der Waals surface area contributed by atoms with Crippen molar-refractivity contribution >= 4 is 0 Å². The Hall–Kier alpha value is -1.72. The minimum atomic E-state index is 0.284. The van der Waals surface area contributed by atoms with Gasteiger partial charge in [-0.2, -0.15) is 0 Å². The maximum atomic E-state index is 6.52. The molecule has 1 unspecified atom stereocenters. The van der Waals surface area contributed by atoms with Crippen molar-refractivity contribution in [1.82, 2.24) is 4.90 Å². The maximum absolute atomic E-state index is 6.52. The number of ether oxygens (including phenoxy) is 1. The van der Waals surface area contributed by atoms with E-state index in [0.29, 0.717) is 5.41 Å². The lowest BCUT2D eigenvalue weighted by molar-refractivity contribution is 0.0881. The lowest BCUT2D eigenvalue weighted by Gasteiger charge is -2.40. The van der Waals surface area contributed by atoms with Crippen LogP contribution in [-0.4, -0.2) is 31.6 Å². The number of hydrogen-bond acceptors (Lipinski definition) is 2. The van der Waals surface area contributed by atoms with E-state index >= 15 is 0 Å². The van der Waals surface area contributed by atoms with Gasteiger partial charge in [0.05, 0.1) is 6.10 Å². The normalized spacial score (nSPS) is 14.7. The summed E-state index contributed by atoms with van der Waals surface area (Å²) in [5, 5.41) is 0. The van der Waals surface area contributed by atoms with Gasteiger partial charge >= 0.3 is 0 Å². The monoisotopic (exact) mass is 594 g/mol. The summed E-state index contributed by atoms with van der Waals surface area (Å²) in [6.45, 7) is 14.9. The van der Waals surface area contributed by atoms with E-state index < -0.39 is 0 Å². The van der Waals surface area contributed by atoms with Crippen LogP contribution in [0.3, 0.4) is 0 Å². The molecule has 2 nitrogen and oxygen atoms in total. The van der Waals surface area contributed by atoms with Gasteiger partial charge in [0, 0.05) is 6.42 Å². The Kier molecular flexibility index (Phi) is 24.4. The van der Waals surface area contributed by atoms with Crippen LogP contribution in [0.15, 0.2) is 60.8 Å². The van der Waals surface area contributed by atoms with Crippen LogP contribution in [0.5, 0.6) is 0 Å². The van der Waals surface area contributed by atoms with Gasteiger partial charge in [-0.1, -0.05) is 128 Å². The molecule has 0 aliphatic heterocycles. The van der Waals surface area contributed by atoms with E-state index in [-0.39, 0.29) is 6.10 Å². The zero-order valence-corrected chi connectivity index (χ0v) is 29.2. The average molecular weight is 594 g/mol. The van der Waals surface area contributed by atoms with E-state index in [0.717, 1.165) is 56.4 Å². The zero-order valence-electron chi connectivity index (χ0n) is 29.2. The molecule has 1 rings (SSSR count). The summed E-state index contributed by atoms with van der Waals surface area (Å²) in [4.78, 5) is 2.23. The Labute approximate surface area is 269 Å². The molecular formula is C41H71NO. The summed E-state index contributed by atoms with van der Waals surface area (Å²) < 4.78 is 6.52. The van der Waals surface area contributed by atoms with Crippen molar-refractivity contribution in [2.75, 3.05) is 20.6 Å². The Morgan fingerprint density at radius 3 is 1.98 bits per heavy atom. The molecule has 2 heteroatoms. The highest BCUT2D eigenvalue weighted by molar-refractivity contribution is 5.13. The van der Waals surface area contributed by atoms with E-state index in [2.05, 4.69) is 69.3 Å². The number of nitrogens with zero attached hydrogens (tertiary/aromatic N) is 1. The van der Waals surface area contributed by atoms with E-state index in [1.54, 1.807) is 0 Å². The van der Waals surface area contributed by atoms with Crippen LogP contribution < -0.4 is 0 Å². The van der Waals surface area contributed by atoms with Crippen LogP contribution in [0.2, 0.25) is 0 Å². The highest BCUT2D eigenvalue weighted by Crippen LogP contribution is 2.46. The third kappa shape index (κ3) is 20.8.